The molecule has 0 saturated heterocycles. The largest absolute Gasteiger partial charge is 0.379 e. The molecule has 1 aliphatic carbocycles. The van der Waals surface area contributed by atoms with E-state index in [1.165, 1.54) is 0 Å². The summed E-state index contributed by atoms with van der Waals surface area (Å²) in [4.78, 5) is 13.5. The molecule has 2 heterocycles. The fourth-order valence-corrected chi connectivity index (χ4v) is 3.92. The Morgan fingerprint density at radius 3 is 2.84 bits per heavy atom. The summed E-state index contributed by atoms with van der Waals surface area (Å²) < 4.78 is 0. The summed E-state index contributed by atoms with van der Waals surface area (Å²) in [6, 6.07) is 1.96. The highest BCUT2D eigenvalue weighted by Gasteiger charge is 2.36. The second kappa shape index (κ2) is 4.20. The van der Waals surface area contributed by atoms with Crippen LogP contribution in [0.1, 0.15) is 36.2 Å². The quantitative estimate of drug-likeness (QED) is 0.883. The molecule has 4 nitrogen and oxygen atoms in total. The third-order valence-corrected chi connectivity index (χ3v) is 4.81. The smallest absolute Gasteiger partial charge is 0.166 e. The number of Topliss-reactive ketones (excluding diaryl/α,β-unsaturated/α-hetero) is 1. The van der Waals surface area contributed by atoms with Gasteiger partial charge in [0.05, 0.1) is 15.4 Å². The van der Waals surface area contributed by atoms with Gasteiger partial charge in [-0.15, -0.1) is 11.3 Å². The molecule has 0 fully saturated rings. The van der Waals surface area contributed by atoms with Crippen molar-refractivity contribution in [2.45, 2.75) is 26.7 Å². The predicted molar refractivity (Wildman–Crippen MR) is 77.9 cm³/mol. The monoisotopic (exact) mass is 275 g/mol. The highest BCUT2D eigenvalue weighted by atomic mass is 32.1. The van der Waals surface area contributed by atoms with Crippen LogP contribution in [0.3, 0.4) is 0 Å². The highest BCUT2D eigenvalue weighted by molar-refractivity contribution is 7.20. The fraction of sp³-hybridized carbons (Fsp3) is 0.429. The molecule has 2 aromatic heterocycles. The van der Waals surface area contributed by atoms with Gasteiger partial charge in [0.1, 0.15) is 5.69 Å². The topological polar surface area (TPSA) is 57.8 Å². The summed E-state index contributed by atoms with van der Waals surface area (Å²) in [7, 11) is 1.87. The molecule has 1 aliphatic rings. The van der Waals surface area contributed by atoms with E-state index in [4.69, 9.17) is 0 Å². The van der Waals surface area contributed by atoms with E-state index in [1.807, 2.05) is 19.3 Å². The van der Waals surface area contributed by atoms with Crippen LogP contribution in [0.5, 0.6) is 0 Å². The van der Waals surface area contributed by atoms with Crippen molar-refractivity contribution in [3.8, 4) is 10.6 Å². The summed E-state index contributed by atoms with van der Waals surface area (Å²) in [6.45, 7) is 4.30. The Kier molecular flexibility index (Phi) is 2.74. The molecule has 0 unspecified atom stereocenters. The van der Waals surface area contributed by atoms with Gasteiger partial charge in [0.15, 0.2) is 5.78 Å². The first-order valence-corrected chi connectivity index (χ1v) is 7.20. The molecule has 0 saturated carbocycles. The van der Waals surface area contributed by atoms with E-state index in [1.54, 1.807) is 11.3 Å². The maximum atomic E-state index is 12.4. The van der Waals surface area contributed by atoms with Gasteiger partial charge in [0.2, 0.25) is 0 Å². The van der Waals surface area contributed by atoms with Gasteiger partial charge in [-0.2, -0.15) is 5.10 Å². The van der Waals surface area contributed by atoms with Gasteiger partial charge in [0.25, 0.3) is 0 Å². The average molecular weight is 275 g/mol. The van der Waals surface area contributed by atoms with Gasteiger partial charge in [-0.05, 0) is 23.5 Å². The molecule has 3 rings (SSSR count). The number of aromatic nitrogens is 2. The number of carbonyl (C=O) groups is 1. The van der Waals surface area contributed by atoms with Crippen molar-refractivity contribution in [1.82, 2.24) is 10.2 Å². The van der Waals surface area contributed by atoms with Gasteiger partial charge in [-0.25, -0.2) is 0 Å². The Bertz CT molecular complexity index is 625. The number of aromatic amines is 1. The minimum absolute atomic E-state index is 0.0290. The molecule has 2 N–H and O–H groups in total. The second-order valence-corrected chi connectivity index (χ2v) is 6.78. The molecular weight excluding hydrogens is 258 g/mol. The van der Waals surface area contributed by atoms with Crippen LogP contribution in [0.4, 0.5) is 5.00 Å². The van der Waals surface area contributed by atoms with Gasteiger partial charge >= 0.3 is 0 Å². The summed E-state index contributed by atoms with van der Waals surface area (Å²) in [5.41, 5.74) is 2.99. The zero-order valence-electron chi connectivity index (χ0n) is 11.3. The molecule has 19 heavy (non-hydrogen) atoms. The van der Waals surface area contributed by atoms with Gasteiger partial charge in [-0.1, -0.05) is 13.8 Å². The molecule has 0 radical (unpaired) electrons. The molecule has 2 aromatic rings. The van der Waals surface area contributed by atoms with Crippen LogP contribution in [0, 0.1) is 5.41 Å². The Morgan fingerprint density at radius 1 is 1.42 bits per heavy atom. The van der Waals surface area contributed by atoms with E-state index in [9.17, 15) is 4.79 Å². The molecule has 100 valence electrons. The minimum atomic E-state index is 0.0290. The zero-order valence-corrected chi connectivity index (χ0v) is 12.1. The number of rotatable bonds is 2. The van der Waals surface area contributed by atoms with Gasteiger partial charge in [-0.3, -0.25) is 9.89 Å². The minimum Gasteiger partial charge on any atom is -0.379 e. The molecule has 0 aromatic carbocycles. The second-order valence-electron chi connectivity index (χ2n) is 5.76. The van der Waals surface area contributed by atoms with Crippen LogP contribution in [0.25, 0.3) is 10.6 Å². The standard InChI is InChI=1S/C14H17N3OS/c1-14(2)6-8-11(10(18)7-14)13(15-3)19-12(8)9-4-5-16-17-9/h4-5,15H,6-7H2,1-3H3,(H,16,17). The van der Waals surface area contributed by atoms with E-state index in [2.05, 4.69) is 29.4 Å². The van der Waals surface area contributed by atoms with Crippen molar-refractivity contribution in [1.29, 1.82) is 0 Å². The van der Waals surface area contributed by atoms with E-state index < -0.39 is 0 Å². The van der Waals surface area contributed by atoms with Gasteiger partial charge < -0.3 is 5.32 Å². The number of hydrogen-bond acceptors (Lipinski definition) is 4. The first kappa shape index (κ1) is 12.4. The molecule has 5 heteroatoms. The lowest BCUT2D eigenvalue weighted by Gasteiger charge is -2.29. The maximum absolute atomic E-state index is 12.4. The van der Waals surface area contributed by atoms with Crippen molar-refractivity contribution < 1.29 is 4.79 Å². The Hall–Kier alpha value is -1.62. The molecule has 0 aliphatic heterocycles. The van der Waals surface area contributed by atoms with Crippen molar-refractivity contribution in [3.63, 3.8) is 0 Å². The van der Waals surface area contributed by atoms with E-state index in [0.29, 0.717) is 6.42 Å². The van der Waals surface area contributed by atoms with Crippen LogP contribution in [0.2, 0.25) is 0 Å². The van der Waals surface area contributed by atoms with E-state index >= 15 is 0 Å². The lowest BCUT2D eigenvalue weighted by Crippen LogP contribution is -2.26. The summed E-state index contributed by atoms with van der Waals surface area (Å²) in [6.07, 6.45) is 3.36. The molecule has 0 atom stereocenters. The highest BCUT2D eigenvalue weighted by Crippen LogP contribution is 2.47. The number of nitrogens with one attached hydrogen (secondary N) is 2. The van der Waals surface area contributed by atoms with E-state index in [0.717, 1.165) is 33.1 Å². The van der Waals surface area contributed by atoms with Crippen LogP contribution in [-0.4, -0.2) is 23.0 Å². The number of nitrogens with zero attached hydrogens (tertiary/aromatic N) is 1. The SMILES string of the molecule is CNc1sc(-c2cc[nH]n2)c2c1C(=O)CC(C)(C)C2. The molecular formula is C14H17N3OS. The number of fused-ring (bicyclic) bond motifs is 1. The number of H-pyrrole nitrogens is 1. The molecule has 0 bridgehead atoms. The lowest BCUT2D eigenvalue weighted by molar-refractivity contribution is 0.0914. The lowest BCUT2D eigenvalue weighted by atomic mass is 9.74. The maximum Gasteiger partial charge on any atom is 0.166 e. The third kappa shape index (κ3) is 1.98. The normalized spacial score (nSPS) is 17.3. The number of thiophene rings is 1. The Labute approximate surface area is 116 Å². The predicted octanol–water partition coefficient (Wildman–Crippen LogP) is 3.34. The summed E-state index contributed by atoms with van der Waals surface area (Å²) in [5.74, 6) is 0.244. The molecule has 0 spiro atoms. The first-order chi connectivity index (χ1) is 9.02. The Balaban J connectivity index is 2.21. The van der Waals surface area contributed by atoms with Crippen LogP contribution in [-0.2, 0) is 6.42 Å². The number of carbonyl (C=O) groups excluding carboxylic acids is 1. The average Bonchev–Trinajstić information content (AvgIpc) is 2.93. The number of anilines is 1. The van der Waals surface area contributed by atoms with Crippen LogP contribution < -0.4 is 5.32 Å². The summed E-state index contributed by atoms with van der Waals surface area (Å²) in [5, 5.41) is 11.2. The first-order valence-electron chi connectivity index (χ1n) is 6.38. The van der Waals surface area contributed by atoms with Crippen molar-refractivity contribution >= 4 is 22.1 Å². The summed E-state index contributed by atoms with van der Waals surface area (Å²) >= 11 is 1.62. The fourth-order valence-electron chi connectivity index (χ4n) is 2.76. The van der Waals surface area contributed by atoms with Crippen molar-refractivity contribution in [3.05, 3.63) is 23.4 Å². The third-order valence-electron chi connectivity index (χ3n) is 3.54. The van der Waals surface area contributed by atoms with Gasteiger partial charge in [0, 0.05) is 19.7 Å². The number of hydrogen-bond donors (Lipinski definition) is 2. The Morgan fingerprint density at radius 2 is 2.21 bits per heavy atom. The zero-order chi connectivity index (χ0) is 13.6. The number of ketones is 1. The van der Waals surface area contributed by atoms with E-state index in [-0.39, 0.29) is 11.2 Å². The van der Waals surface area contributed by atoms with Crippen LogP contribution >= 0.6 is 11.3 Å². The van der Waals surface area contributed by atoms with Crippen molar-refractivity contribution in [2.75, 3.05) is 12.4 Å². The van der Waals surface area contributed by atoms with Crippen molar-refractivity contribution in [2.24, 2.45) is 5.41 Å². The molecule has 0 amide bonds. The van der Waals surface area contributed by atoms with Crippen LogP contribution in [0.15, 0.2) is 12.3 Å².